The molecule has 2 atom stereocenters. The van der Waals surface area contributed by atoms with Crippen LogP contribution >= 0.6 is 0 Å². The molecular formula is C19H23N7O4S. The van der Waals surface area contributed by atoms with Gasteiger partial charge in [-0.1, -0.05) is 5.21 Å². The quantitative estimate of drug-likeness (QED) is 0.550. The third kappa shape index (κ3) is 4.90. The van der Waals surface area contributed by atoms with Gasteiger partial charge in [0.25, 0.3) is 0 Å². The highest BCUT2D eigenvalue weighted by Gasteiger charge is 2.31. The number of amides is 1. The van der Waals surface area contributed by atoms with Crippen LogP contribution in [0.4, 0.5) is 5.95 Å². The van der Waals surface area contributed by atoms with Crippen LogP contribution < -0.4 is 14.8 Å². The third-order valence-electron chi connectivity index (χ3n) is 5.01. The van der Waals surface area contributed by atoms with Crippen LogP contribution in [0, 0.1) is 5.92 Å². The number of aromatic nitrogens is 5. The Bertz CT molecular complexity index is 1190. The smallest absolute Gasteiger partial charge is 0.236 e. The minimum atomic E-state index is -3.56. The molecule has 2 N–H and O–H groups in total. The van der Waals surface area contributed by atoms with Crippen molar-refractivity contribution in [2.45, 2.75) is 32.2 Å². The lowest BCUT2D eigenvalue weighted by Crippen LogP contribution is -2.34. The summed E-state index contributed by atoms with van der Waals surface area (Å²) in [7, 11) is -3.56. The molecule has 12 heteroatoms. The zero-order chi connectivity index (χ0) is 22.0. The molecule has 2 aromatic heterocycles. The minimum absolute atomic E-state index is 0.0393. The Labute approximate surface area is 179 Å². The SMILES string of the molecule is CCOc1ccc(-n2nnc3cnc(N[C@@H]4CC[C@@H](C(=O)NS(C)(=O)=O)C4)nc32)cc1. The number of nitrogens with one attached hydrogen (secondary N) is 2. The molecule has 1 aliphatic rings. The van der Waals surface area contributed by atoms with E-state index in [1.807, 2.05) is 35.9 Å². The van der Waals surface area contributed by atoms with Crippen molar-refractivity contribution < 1.29 is 17.9 Å². The molecule has 1 aliphatic carbocycles. The number of ether oxygens (including phenoxy) is 1. The van der Waals surface area contributed by atoms with Crippen LogP contribution in [0.25, 0.3) is 16.9 Å². The molecule has 1 amide bonds. The molecular weight excluding hydrogens is 422 g/mol. The Morgan fingerprint density at radius 1 is 1.26 bits per heavy atom. The first-order chi connectivity index (χ1) is 14.8. The first-order valence-electron chi connectivity index (χ1n) is 9.92. The lowest BCUT2D eigenvalue weighted by atomic mass is 10.1. The number of fused-ring (bicyclic) bond motifs is 1. The summed E-state index contributed by atoms with van der Waals surface area (Å²) in [4.78, 5) is 20.9. The average molecular weight is 446 g/mol. The van der Waals surface area contributed by atoms with Crippen LogP contribution in [-0.4, -0.2) is 58.2 Å². The maximum Gasteiger partial charge on any atom is 0.236 e. The van der Waals surface area contributed by atoms with E-state index < -0.39 is 15.9 Å². The summed E-state index contributed by atoms with van der Waals surface area (Å²) in [5.41, 5.74) is 1.89. The molecule has 0 bridgehead atoms. The van der Waals surface area contributed by atoms with Gasteiger partial charge in [-0.25, -0.2) is 13.4 Å². The summed E-state index contributed by atoms with van der Waals surface area (Å²) >= 11 is 0. The lowest BCUT2D eigenvalue weighted by molar-refractivity contribution is -0.122. The van der Waals surface area contributed by atoms with Gasteiger partial charge in [0, 0.05) is 12.0 Å². The highest BCUT2D eigenvalue weighted by molar-refractivity contribution is 7.89. The van der Waals surface area contributed by atoms with Gasteiger partial charge < -0.3 is 10.1 Å². The van der Waals surface area contributed by atoms with Crippen molar-refractivity contribution in [1.82, 2.24) is 29.7 Å². The standard InChI is InChI=1S/C19H23N7O4S/c1-3-30-15-8-6-14(7-9-15)26-17-16(23-25-26)11-20-19(22-17)21-13-5-4-12(10-13)18(27)24-31(2,28)29/h6-9,11-13H,3-5,10H2,1-2H3,(H,24,27)(H,20,21,22)/t12-,13-/m1/s1. The Hall–Kier alpha value is -3.28. The van der Waals surface area contributed by atoms with E-state index in [2.05, 4.69) is 25.6 Å². The molecule has 1 aromatic carbocycles. The van der Waals surface area contributed by atoms with Gasteiger partial charge in [-0.05, 0) is 50.5 Å². The molecule has 4 rings (SSSR count). The van der Waals surface area contributed by atoms with E-state index in [4.69, 9.17) is 4.74 Å². The summed E-state index contributed by atoms with van der Waals surface area (Å²) in [6.07, 6.45) is 4.36. The molecule has 2 heterocycles. The predicted octanol–water partition coefficient (Wildman–Crippen LogP) is 1.27. The van der Waals surface area contributed by atoms with Crippen LogP contribution in [-0.2, 0) is 14.8 Å². The van der Waals surface area contributed by atoms with E-state index in [1.165, 1.54) is 0 Å². The lowest BCUT2D eigenvalue weighted by Gasteiger charge is -2.13. The van der Waals surface area contributed by atoms with E-state index in [-0.39, 0.29) is 12.0 Å². The predicted molar refractivity (Wildman–Crippen MR) is 113 cm³/mol. The monoisotopic (exact) mass is 445 g/mol. The van der Waals surface area contributed by atoms with Crippen LogP contribution in [0.2, 0.25) is 0 Å². The number of benzene rings is 1. The van der Waals surface area contributed by atoms with Crippen LogP contribution in [0.3, 0.4) is 0 Å². The van der Waals surface area contributed by atoms with E-state index >= 15 is 0 Å². The number of nitrogens with zero attached hydrogens (tertiary/aromatic N) is 5. The van der Waals surface area contributed by atoms with Gasteiger partial charge in [-0.15, -0.1) is 5.10 Å². The second kappa shape index (κ2) is 8.46. The number of rotatable bonds is 7. The van der Waals surface area contributed by atoms with E-state index in [0.29, 0.717) is 43.0 Å². The molecule has 0 unspecified atom stereocenters. The van der Waals surface area contributed by atoms with Crippen molar-refractivity contribution in [3.8, 4) is 11.4 Å². The number of carbonyl (C=O) groups is 1. The van der Waals surface area contributed by atoms with Gasteiger partial charge in [-0.2, -0.15) is 9.67 Å². The van der Waals surface area contributed by atoms with Crippen LogP contribution in [0.15, 0.2) is 30.5 Å². The molecule has 0 spiro atoms. The van der Waals surface area contributed by atoms with Gasteiger partial charge in [0.1, 0.15) is 5.75 Å². The molecule has 11 nitrogen and oxygen atoms in total. The molecule has 0 saturated heterocycles. The van der Waals surface area contributed by atoms with E-state index in [1.54, 1.807) is 10.9 Å². The number of sulfonamides is 1. The number of hydrogen-bond acceptors (Lipinski definition) is 9. The highest BCUT2D eigenvalue weighted by Crippen LogP contribution is 2.28. The van der Waals surface area contributed by atoms with Gasteiger partial charge in [-0.3, -0.25) is 9.52 Å². The van der Waals surface area contributed by atoms with E-state index in [0.717, 1.165) is 17.7 Å². The number of anilines is 1. The van der Waals surface area contributed by atoms with Gasteiger partial charge in [0.2, 0.25) is 21.9 Å². The fraction of sp³-hybridized carbons (Fsp3) is 0.421. The van der Waals surface area contributed by atoms with Gasteiger partial charge in [0.05, 0.1) is 24.7 Å². The maximum atomic E-state index is 12.1. The third-order valence-corrected chi connectivity index (χ3v) is 5.58. The van der Waals surface area contributed by atoms with Gasteiger partial charge in [0.15, 0.2) is 11.2 Å². The second-order valence-electron chi connectivity index (χ2n) is 7.42. The zero-order valence-electron chi connectivity index (χ0n) is 17.1. The first-order valence-corrected chi connectivity index (χ1v) is 11.8. The maximum absolute atomic E-state index is 12.1. The van der Waals surface area contributed by atoms with Crippen molar-refractivity contribution in [1.29, 1.82) is 0 Å². The molecule has 0 aliphatic heterocycles. The molecule has 3 aromatic rings. The normalized spacial score (nSPS) is 18.8. The first kappa shape index (κ1) is 21.0. The summed E-state index contributed by atoms with van der Waals surface area (Å²) in [6, 6.07) is 7.41. The van der Waals surface area contributed by atoms with Crippen molar-refractivity contribution in [2.75, 3.05) is 18.2 Å². The number of carbonyl (C=O) groups excluding carboxylic acids is 1. The summed E-state index contributed by atoms with van der Waals surface area (Å²) < 4.78 is 31.7. The number of hydrogen-bond donors (Lipinski definition) is 2. The Balaban J connectivity index is 1.48. The van der Waals surface area contributed by atoms with Crippen molar-refractivity contribution in [3.63, 3.8) is 0 Å². The second-order valence-corrected chi connectivity index (χ2v) is 9.17. The average Bonchev–Trinajstić information content (AvgIpc) is 3.35. The Morgan fingerprint density at radius 2 is 2.03 bits per heavy atom. The fourth-order valence-electron chi connectivity index (χ4n) is 3.62. The largest absolute Gasteiger partial charge is 0.494 e. The molecule has 31 heavy (non-hydrogen) atoms. The van der Waals surface area contributed by atoms with Crippen LogP contribution in [0.1, 0.15) is 26.2 Å². The van der Waals surface area contributed by atoms with Crippen molar-refractivity contribution in [3.05, 3.63) is 30.5 Å². The minimum Gasteiger partial charge on any atom is -0.494 e. The molecule has 1 fully saturated rings. The van der Waals surface area contributed by atoms with Crippen LogP contribution in [0.5, 0.6) is 5.75 Å². The highest BCUT2D eigenvalue weighted by atomic mass is 32.2. The Kier molecular flexibility index (Phi) is 5.72. The van der Waals surface area contributed by atoms with Gasteiger partial charge >= 0.3 is 0 Å². The fourth-order valence-corrected chi connectivity index (χ4v) is 4.15. The Morgan fingerprint density at radius 3 is 2.74 bits per heavy atom. The van der Waals surface area contributed by atoms with Crippen molar-refractivity contribution >= 4 is 33.0 Å². The summed E-state index contributed by atoms with van der Waals surface area (Å²) in [5, 5.41) is 11.5. The molecule has 0 radical (unpaired) electrons. The summed E-state index contributed by atoms with van der Waals surface area (Å²) in [6.45, 7) is 2.51. The van der Waals surface area contributed by atoms with Crippen molar-refractivity contribution in [2.24, 2.45) is 5.92 Å². The zero-order valence-corrected chi connectivity index (χ0v) is 18.0. The molecule has 164 valence electrons. The topological polar surface area (TPSA) is 141 Å². The molecule has 1 saturated carbocycles. The van der Waals surface area contributed by atoms with E-state index in [9.17, 15) is 13.2 Å². The summed E-state index contributed by atoms with van der Waals surface area (Å²) in [5.74, 6) is 0.326.